The predicted octanol–water partition coefficient (Wildman–Crippen LogP) is 1.22. The van der Waals surface area contributed by atoms with Crippen LogP contribution in [0.25, 0.3) is 16.1 Å². The van der Waals surface area contributed by atoms with Crippen LogP contribution in [0.4, 0.5) is 5.69 Å². The largest absolute Gasteiger partial charge is 0.497 e. The summed E-state index contributed by atoms with van der Waals surface area (Å²) in [6.45, 7) is 0. The molecule has 1 aromatic carbocycles. The molecule has 22 heavy (non-hydrogen) atoms. The fourth-order valence-corrected chi connectivity index (χ4v) is 2.17. The summed E-state index contributed by atoms with van der Waals surface area (Å²) < 4.78 is 6.51. The van der Waals surface area contributed by atoms with Crippen LogP contribution in [-0.2, 0) is 11.2 Å². The standard InChI is InChI=1S/C12H9N7O3/c1-22-6-2-3-7-8(4-6)19-9(5-10(20)14-7)11(15-18-19)12(21)16-17-13/h2-4H,5H2,1H3,(H,14,20). The fraction of sp³-hybridized carbons (Fsp3) is 0.167. The van der Waals surface area contributed by atoms with E-state index in [1.807, 2.05) is 0 Å². The minimum atomic E-state index is -0.886. The van der Waals surface area contributed by atoms with Gasteiger partial charge in [0.2, 0.25) is 5.91 Å². The predicted molar refractivity (Wildman–Crippen MR) is 73.7 cm³/mol. The highest BCUT2D eigenvalue weighted by molar-refractivity contribution is 5.99. The van der Waals surface area contributed by atoms with Crippen molar-refractivity contribution in [2.24, 2.45) is 5.11 Å². The molecule has 0 aliphatic carbocycles. The van der Waals surface area contributed by atoms with Gasteiger partial charge in [-0.3, -0.25) is 9.59 Å². The zero-order valence-corrected chi connectivity index (χ0v) is 11.3. The van der Waals surface area contributed by atoms with Crippen LogP contribution in [0, 0.1) is 0 Å². The highest BCUT2D eigenvalue weighted by Crippen LogP contribution is 2.29. The number of hydrogen-bond acceptors (Lipinski definition) is 5. The third kappa shape index (κ3) is 2.13. The molecular weight excluding hydrogens is 290 g/mol. The summed E-state index contributed by atoms with van der Waals surface area (Å²) >= 11 is 0. The zero-order chi connectivity index (χ0) is 15.7. The number of hydrogen-bond donors (Lipinski definition) is 1. The minimum Gasteiger partial charge on any atom is -0.497 e. The van der Waals surface area contributed by atoms with E-state index in [2.05, 4.69) is 25.7 Å². The average molecular weight is 299 g/mol. The van der Waals surface area contributed by atoms with E-state index in [0.717, 1.165) is 0 Å². The molecule has 1 aliphatic rings. The van der Waals surface area contributed by atoms with Gasteiger partial charge in [0, 0.05) is 11.0 Å². The second kappa shape index (κ2) is 5.19. The smallest absolute Gasteiger partial charge is 0.271 e. The topological polar surface area (TPSA) is 135 Å². The summed E-state index contributed by atoms with van der Waals surface area (Å²) in [6.07, 6.45) is -0.119. The lowest BCUT2D eigenvalue weighted by molar-refractivity contribution is -0.115. The third-order valence-electron chi connectivity index (χ3n) is 3.14. The molecule has 0 unspecified atom stereocenters. The van der Waals surface area contributed by atoms with Gasteiger partial charge in [0.25, 0.3) is 5.91 Å². The lowest BCUT2D eigenvalue weighted by Gasteiger charge is -2.09. The van der Waals surface area contributed by atoms with Gasteiger partial charge in [-0.2, -0.15) is 0 Å². The van der Waals surface area contributed by atoms with E-state index in [4.69, 9.17) is 10.3 Å². The fourth-order valence-electron chi connectivity index (χ4n) is 2.17. The van der Waals surface area contributed by atoms with Crippen molar-refractivity contribution in [2.75, 3.05) is 12.4 Å². The molecule has 110 valence electrons. The molecule has 10 nitrogen and oxygen atoms in total. The zero-order valence-electron chi connectivity index (χ0n) is 11.3. The Morgan fingerprint density at radius 2 is 2.36 bits per heavy atom. The molecule has 2 heterocycles. The minimum absolute atomic E-state index is 0.119. The quantitative estimate of drug-likeness (QED) is 0.505. The summed E-state index contributed by atoms with van der Waals surface area (Å²) in [6, 6.07) is 5.01. The Morgan fingerprint density at radius 1 is 1.55 bits per heavy atom. The van der Waals surface area contributed by atoms with Gasteiger partial charge in [0.1, 0.15) is 5.75 Å². The number of fused-ring (bicyclic) bond motifs is 3. The highest BCUT2D eigenvalue weighted by atomic mass is 16.5. The molecule has 1 aromatic heterocycles. The summed E-state index contributed by atoms with van der Waals surface area (Å²) in [5.41, 5.74) is 9.48. The Kier molecular flexibility index (Phi) is 3.20. The molecule has 3 rings (SSSR count). The number of aromatic nitrogens is 3. The lowest BCUT2D eigenvalue weighted by Crippen LogP contribution is -2.14. The van der Waals surface area contributed by atoms with Crippen molar-refractivity contribution in [3.05, 3.63) is 40.0 Å². The van der Waals surface area contributed by atoms with E-state index >= 15 is 0 Å². The molecule has 2 aromatic rings. The maximum absolute atomic E-state index is 12.0. The Morgan fingerprint density at radius 3 is 3.09 bits per heavy atom. The summed E-state index contributed by atoms with van der Waals surface area (Å²) in [7, 11) is 1.51. The molecule has 10 heteroatoms. The van der Waals surface area contributed by atoms with Crippen molar-refractivity contribution in [1.29, 1.82) is 0 Å². The molecule has 0 saturated heterocycles. The Labute approximate surface area is 123 Å². The Balaban J connectivity index is 2.22. The lowest BCUT2D eigenvalue weighted by atomic mass is 10.2. The van der Waals surface area contributed by atoms with Gasteiger partial charge < -0.3 is 10.1 Å². The number of benzene rings is 1. The first-order valence-electron chi connectivity index (χ1n) is 6.16. The van der Waals surface area contributed by atoms with Crippen molar-refractivity contribution in [3.8, 4) is 11.4 Å². The molecule has 0 atom stereocenters. The normalized spacial score (nSPS) is 12.3. The van der Waals surface area contributed by atoms with Crippen LogP contribution in [-0.4, -0.2) is 33.9 Å². The third-order valence-corrected chi connectivity index (χ3v) is 3.14. The molecular formula is C12H9N7O3. The van der Waals surface area contributed by atoms with Crippen LogP contribution in [0.3, 0.4) is 0 Å². The molecule has 0 bridgehead atoms. The van der Waals surface area contributed by atoms with Crippen molar-refractivity contribution in [1.82, 2.24) is 15.0 Å². The number of anilines is 1. The Hall–Kier alpha value is -3.39. The van der Waals surface area contributed by atoms with Gasteiger partial charge >= 0.3 is 0 Å². The van der Waals surface area contributed by atoms with Gasteiger partial charge in [-0.25, -0.2) is 4.68 Å². The second-order valence-corrected chi connectivity index (χ2v) is 4.40. The summed E-state index contributed by atoms with van der Waals surface area (Å²) in [4.78, 5) is 26.1. The van der Waals surface area contributed by atoms with E-state index in [-0.39, 0.29) is 23.7 Å². The van der Waals surface area contributed by atoms with Gasteiger partial charge in [-0.15, -0.1) is 5.10 Å². The monoisotopic (exact) mass is 299 g/mol. The number of carbonyl (C=O) groups excluding carboxylic acids is 2. The molecule has 0 spiro atoms. The van der Waals surface area contributed by atoms with Crippen molar-refractivity contribution < 1.29 is 14.3 Å². The van der Waals surface area contributed by atoms with Gasteiger partial charge in [0.05, 0.1) is 30.6 Å². The maximum atomic E-state index is 12.0. The number of methoxy groups -OCH3 is 1. The summed E-state index contributed by atoms with van der Waals surface area (Å²) in [5, 5.41) is 13.3. The first kappa shape index (κ1) is 13.6. The van der Waals surface area contributed by atoms with Crippen molar-refractivity contribution >= 4 is 17.5 Å². The van der Waals surface area contributed by atoms with E-state index < -0.39 is 5.91 Å². The number of nitrogens with one attached hydrogen (secondary N) is 1. The number of nitrogens with zero attached hydrogens (tertiary/aromatic N) is 6. The van der Waals surface area contributed by atoms with Gasteiger partial charge in [-0.05, 0) is 22.8 Å². The SMILES string of the molecule is COc1ccc2c(c1)-n1nnc(C(=O)N=[N+]=[N-])c1CC(=O)N2. The number of rotatable bonds is 2. The van der Waals surface area contributed by atoms with Crippen LogP contribution in [0.5, 0.6) is 5.75 Å². The summed E-state index contributed by atoms with van der Waals surface area (Å²) in [5.74, 6) is -0.662. The van der Waals surface area contributed by atoms with Gasteiger partial charge in [0.15, 0.2) is 5.69 Å². The maximum Gasteiger partial charge on any atom is 0.271 e. The average Bonchev–Trinajstić information content (AvgIpc) is 2.85. The highest BCUT2D eigenvalue weighted by Gasteiger charge is 2.26. The molecule has 0 fully saturated rings. The molecule has 0 saturated carbocycles. The van der Waals surface area contributed by atoms with Crippen LogP contribution in [0.1, 0.15) is 16.2 Å². The van der Waals surface area contributed by atoms with E-state index in [1.165, 1.54) is 11.8 Å². The first-order valence-corrected chi connectivity index (χ1v) is 6.16. The molecule has 0 radical (unpaired) electrons. The number of carbonyl (C=O) groups is 2. The van der Waals surface area contributed by atoms with E-state index in [9.17, 15) is 9.59 Å². The first-order chi connectivity index (χ1) is 10.6. The number of ether oxygens (including phenoxy) is 1. The Bertz CT molecular complexity index is 835. The van der Waals surface area contributed by atoms with Crippen LogP contribution in [0.15, 0.2) is 23.3 Å². The second-order valence-electron chi connectivity index (χ2n) is 4.40. The number of amides is 2. The van der Waals surface area contributed by atoms with Crippen LogP contribution >= 0.6 is 0 Å². The molecule has 2 amide bonds. The van der Waals surface area contributed by atoms with Crippen LogP contribution < -0.4 is 10.1 Å². The van der Waals surface area contributed by atoms with Crippen molar-refractivity contribution in [3.63, 3.8) is 0 Å². The number of azide groups is 1. The van der Waals surface area contributed by atoms with E-state index in [1.54, 1.807) is 18.2 Å². The van der Waals surface area contributed by atoms with Crippen molar-refractivity contribution in [2.45, 2.75) is 6.42 Å². The van der Waals surface area contributed by atoms with Gasteiger partial charge in [-0.1, -0.05) is 5.21 Å². The molecule has 1 aliphatic heterocycles. The van der Waals surface area contributed by atoms with Crippen LogP contribution in [0.2, 0.25) is 0 Å². The molecule has 1 N–H and O–H groups in total. The van der Waals surface area contributed by atoms with E-state index in [0.29, 0.717) is 17.1 Å².